The zero-order valence-corrected chi connectivity index (χ0v) is 16.0. The average molecular weight is 354 g/mol. The number of aliphatic hydroxyl groups excluding tert-OH is 1. The van der Waals surface area contributed by atoms with E-state index in [0.29, 0.717) is 26.2 Å². The molecule has 25 heavy (non-hydrogen) atoms. The molecule has 1 saturated heterocycles. The van der Waals surface area contributed by atoms with Crippen LogP contribution in [0.3, 0.4) is 0 Å². The summed E-state index contributed by atoms with van der Waals surface area (Å²) < 4.78 is 5.07. The van der Waals surface area contributed by atoms with E-state index in [2.05, 4.69) is 24.1 Å². The number of piperazine rings is 1. The minimum Gasteiger partial charge on any atom is -0.450 e. The van der Waals surface area contributed by atoms with Crippen LogP contribution in [0.15, 0.2) is 4.99 Å². The molecule has 0 aromatic rings. The van der Waals surface area contributed by atoms with Gasteiger partial charge in [0.05, 0.1) is 19.3 Å². The molecule has 2 N–H and O–H groups in total. The largest absolute Gasteiger partial charge is 0.450 e. The highest BCUT2D eigenvalue weighted by Crippen LogP contribution is 2.36. The van der Waals surface area contributed by atoms with Crippen LogP contribution >= 0.6 is 0 Å². The molecule has 7 heteroatoms. The van der Waals surface area contributed by atoms with Gasteiger partial charge >= 0.3 is 6.09 Å². The van der Waals surface area contributed by atoms with Crippen molar-refractivity contribution in [2.75, 3.05) is 45.9 Å². The molecule has 1 saturated carbocycles. The molecule has 2 rings (SSSR count). The first-order valence-corrected chi connectivity index (χ1v) is 9.63. The molecule has 0 aromatic heterocycles. The molecular weight excluding hydrogens is 320 g/mol. The second kappa shape index (κ2) is 9.27. The van der Waals surface area contributed by atoms with E-state index in [1.165, 1.54) is 0 Å². The third-order valence-corrected chi connectivity index (χ3v) is 5.31. The fourth-order valence-electron chi connectivity index (χ4n) is 3.56. The van der Waals surface area contributed by atoms with Gasteiger partial charge in [-0.15, -0.1) is 0 Å². The quantitative estimate of drug-likeness (QED) is 0.593. The molecule has 0 aromatic carbocycles. The molecule has 1 heterocycles. The number of carbonyl (C=O) groups is 1. The van der Waals surface area contributed by atoms with E-state index < -0.39 is 0 Å². The number of carbonyl (C=O) groups excluding carboxylic acids is 1. The van der Waals surface area contributed by atoms with E-state index in [0.717, 1.165) is 51.3 Å². The molecule has 0 spiro atoms. The Morgan fingerprint density at radius 1 is 1.24 bits per heavy atom. The number of aliphatic hydroxyl groups is 1. The lowest BCUT2D eigenvalue weighted by molar-refractivity contribution is 0.00697. The highest BCUT2D eigenvalue weighted by Gasteiger charge is 2.35. The summed E-state index contributed by atoms with van der Waals surface area (Å²) in [7, 11) is 0. The fourth-order valence-corrected chi connectivity index (χ4v) is 3.56. The van der Waals surface area contributed by atoms with Crippen LogP contribution in [0, 0.1) is 5.41 Å². The summed E-state index contributed by atoms with van der Waals surface area (Å²) >= 11 is 0. The van der Waals surface area contributed by atoms with Gasteiger partial charge in [0.25, 0.3) is 0 Å². The monoisotopic (exact) mass is 354 g/mol. The van der Waals surface area contributed by atoms with E-state index in [9.17, 15) is 9.90 Å². The van der Waals surface area contributed by atoms with Crippen LogP contribution in [0.2, 0.25) is 0 Å². The minimum absolute atomic E-state index is 0.133. The van der Waals surface area contributed by atoms with Gasteiger partial charge in [0.1, 0.15) is 0 Å². The normalized spacial score (nSPS) is 28.0. The molecule has 2 fully saturated rings. The van der Waals surface area contributed by atoms with E-state index in [1.54, 1.807) is 4.90 Å². The Morgan fingerprint density at radius 3 is 2.52 bits per heavy atom. The van der Waals surface area contributed by atoms with Gasteiger partial charge < -0.3 is 25.0 Å². The molecular formula is C18H34N4O3. The van der Waals surface area contributed by atoms with Crippen LogP contribution in [-0.2, 0) is 4.74 Å². The number of nitrogens with one attached hydrogen (secondary N) is 1. The highest BCUT2D eigenvalue weighted by molar-refractivity contribution is 5.80. The SMILES string of the molecule is CCNC(=NCC1(C)CCCCC1O)N1CCN(C(=O)OCC)CC1. The minimum atomic E-state index is -0.270. The highest BCUT2D eigenvalue weighted by atomic mass is 16.6. The summed E-state index contributed by atoms with van der Waals surface area (Å²) in [4.78, 5) is 20.6. The summed E-state index contributed by atoms with van der Waals surface area (Å²) in [6.45, 7) is 10.6. The van der Waals surface area contributed by atoms with Crippen LogP contribution in [0.25, 0.3) is 0 Å². The van der Waals surface area contributed by atoms with E-state index >= 15 is 0 Å². The van der Waals surface area contributed by atoms with Crippen molar-refractivity contribution < 1.29 is 14.6 Å². The number of nitrogens with zero attached hydrogens (tertiary/aromatic N) is 3. The van der Waals surface area contributed by atoms with Crippen LogP contribution in [0.1, 0.15) is 46.5 Å². The molecule has 2 atom stereocenters. The van der Waals surface area contributed by atoms with Crippen molar-refractivity contribution in [3.63, 3.8) is 0 Å². The lowest BCUT2D eigenvalue weighted by Gasteiger charge is -2.39. The van der Waals surface area contributed by atoms with Crippen LogP contribution in [-0.4, -0.2) is 78.9 Å². The van der Waals surface area contributed by atoms with Gasteiger partial charge in [0, 0.05) is 38.1 Å². The first-order chi connectivity index (χ1) is 12.0. The van der Waals surface area contributed by atoms with E-state index in [-0.39, 0.29) is 17.6 Å². The Hall–Kier alpha value is -1.50. The number of hydrogen-bond acceptors (Lipinski definition) is 4. The first kappa shape index (κ1) is 19.8. The Morgan fingerprint density at radius 2 is 1.92 bits per heavy atom. The van der Waals surface area contributed by atoms with Crippen molar-refractivity contribution in [3.05, 3.63) is 0 Å². The zero-order valence-electron chi connectivity index (χ0n) is 16.0. The molecule has 0 radical (unpaired) electrons. The second-order valence-electron chi connectivity index (χ2n) is 7.26. The number of hydrogen-bond donors (Lipinski definition) is 2. The Kier molecular flexibility index (Phi) is 7.35. The topological polar surface area (TPSA) is 77.4 Å². The van der Waals surface area contributed by atoms with Gasteiger partial charge in [-0.3, -0.25) is 4.99 Å². The predicted molar refractivity (Wildman–Crippen MR) is 98.7 cm³/mol. The summed E-state index contributed by atoms with van der Waals surface area (Å²) in [5.41, 5.74) is -0.133. The number of rotatable bonds is 4. The van der Waals surface area contributed by atoms with Crippen LogP contribution < -0.4 is 5.32 Å². The van der Waals surface area contributed by atoms with Crippen molar-refractivity contribution in [2.45, 2.75) is 52.6 Å². The number of guanidine groups is 1. The molecule has 1 aliphatic heterocycles. The molecule has 2 unspecified atom stereocenters. The molecule has 7 nitrogen and oxygen atoms in total. The maximum Gasteiger partial charge on any atom is 0.409 e. The number of ether oxygens (including phenoxy) is 1. The van der Waals surface area contributed by atoms with Crippen molar-refractivity contribution in [2.24, 2.45) is 10.4 Å². The van der Waals surface area contributed by atoms with Gasteiger partial charge in [0.15, 0.2) is 5.96 Å². The molecule has 2 aliphatic rings. The second-order valence-corrected chi connectivity index (χ2v) is 7.26. The van der Waals surface area contributed by atoms with Crippen molar-refractivity contribution in [1.82, 2.24) is 15.1 Å². The summed E-state index contributed by atoms with van der Waals surface area (Å²) in [6.07, 6.45) is 3.67. The van der Waals surface area contributed by atoms with Crippen LogP contribution in [0.5, 0.6) is 0 Å². The van der Waals surface area contributed by atoms with Crippen molar-refractivity contribution in [3.8, 4) is 0 Å². The maximum atomic E-state index is 11.8. The fraction of sp³-hybridized carbons (Fsp3) is 0.889. The van der Waals surface area contributed by atoms with Gasteiger partial charge in [-0.1, -0.05) is 19.8 Å². The standard InChI is InChI=1S/C18H34N4O3/c1-4-19-16(20-14-18(3)9-7-6-8-15(18)23)21-10-12-22(13-11-21)17(24)25-5-2/h15,23H,4-14H2,1-3H3,(H,19,20). The van der Waals surface area contributed by atoms with Gasteiger partial charge in [-0.05, 0) is 26.7 Å². The zero-order chi connectivity index (χ0) is 18.3. The maximum absolute atomic E-state index is 11.8. The number of amides is 1. The number of aliphatic imine (C=N–C) groups is 1. The molecule has 1 amide bonds. The Labute approximate surface area is 151 Å². The van der Waals surface area contributed by atoms with Crippen molar-refractivity contribution >= 4 is 12.1 Å². The summed E-state index contributed by atoms with van der Waals surface area (Å²) in [5.74, 6) is 0.880. The van der Waals surface area contributed by atoms with Crippen LogP contribution in [0.4, 0.5) is 4.79 Å². The third-order valence-electron chi connectivity index (χ3n) is 5.31. The van der Waals surface area contributed by atoms with E-state index in [4.69, 9.17) is 9.73 Å². The Balaban J connectivity index is 1.95. The smallest absolute Gasteiger partial charge is 0.409 e. The lowest BCUT2D eigenvalue weighted by Crippen LogP contribution is -2.54. The predicted octanol–water partition coefficient (Wildman–Crippen LogP) is 1.67. The lowest BCUT2D eigenvalue weighted by atomic mass is 9.73. The average Bonchev–Trinajstić information content (AvgIpc) is 2.62. The third kappa shape index (κ3) is 5.23. The van der Waals surface area contributed by atoms with E-state index in [1.807, 2.05) is 6.92 Å². The summed E-state index contributed by atoms with van der Waals surface area (Å²) in [6, 6.07) is 0. The first-order valence-electron chi connectivity index (χ1n) is 9.63. The van der Waals surface area contributed by atoms with Gasteiger partial charge in [-0.25, -0.2) is 4.79 Å². The van der Waals surface area contributed by atoms with Gasteiger partial charge in [0.2, 0.25) is 0 Å². The van der Waals surface area contributed by atoms with Crippen molar-refractivity contribution in [1.29, 1.82) is 0 Å². The summed E-state index contributed by atoms with van der Waals surface area (Å²) in [5, 5.41) is 13.7. The molecule has 144 valence electrons. The Bertz CT molecular complexity index is 463. The van der Waals surface area contributed by atoms with Gasteiger partial charge in [-0.2, -0.15) is 0 Å². The molecule has 1 aliphatic carbocycles. The molecule has 0 bridgehead atoms.